The van der Waals surface area contributed by atoms with E-state index in [9.17, 15) is 9.59 Å². The SMILES string of the molecule is Cc1cc(N2C[C@@]34C=C[C@@H](O3)[C@H](C(=O)Nc3ccc5c(c3)OCO5)[C@@H]4C2=O)no1. The van der Waals surface area contributed by atoms with Crippen LogP contribution in [0.2, 0.25) is 0 Å². The molecule has 0 radical (unpaired) electrons. The third-order valence-electron chi connectivity index (χ3n) is 5.94. The molecule has 1 aromatic carbocycles. The molecule has 4 aliphatic rings. The number of ether oxygens (including phenoxy) is 3. The average Bonchev–Trinajstić information content (AvgIpc) is 3.49. The molecule has 1 N–H and O–H groups in total. The highest BCUT2D eigenvalue weighted by atomic mass is 16.7. The lowest BCUT2D eigenvalue weighted by molar-refractivity contribution is -0.128. The molecule has 9 heteroatoms. The van der Waals surface area contributed by atoms with Crippen LogP contribution in [0.5, 0.6) is 11.5 Å². The summed E-state index contributed by atoms with van der Waals surface area (Å²) in [6.45, 7) is 2.23. The lowest BCUT2D eigenvalue weighted by Crippen LogP contribution is -2.41. The molecule has 29 heavy (non-hydrogen) atoms. The monoisotopic (exact) mass is 395 g/mol. The number of rotatable bonds is 3. The van der Waals surface area contributed by atoms with Gasteiger partial charge in [0, 0.05) is 17.8 Å². The van der Waals surface area contributed by atoms with E-state index in [4.69, 9.17) is 18.7 Å². The predicted molar refractivity (Wildman–Crippen MR) is 98.5 cm³/mol. The minimum atomic E-state index is -0.814. The van der Waals surface area contributed by atoms with Crippen LogP contribution in [0.4, 0.5) is 11.5 Å². The van der Waals surface area contributed by atoms with E-state index >= 15 is 0 Å². The number of aryl methyl sites for hydroxylation is 1. The van der Waals surface area contributed by atoms with Crippen LogP contribution in [0.1, 0.15) is 5.76 Å². The molecule has 6 rings (SSSR count). The Labute approximate surface area is 165 Å². The van der Waals surface area contributed by atoms with Gasteiger partial charge in [0.15, 0.2) is 17.3 Å². The zero-order valence-electron chi connectivity index (χ0n) is 15.5. The van der Waals surface area contributed by atoms with E-state index in [1.165, 1.54) is 4.90 Å². The molecule has 4 aliphatic heterocycles. The van der Waals surface area contributed by atoms with E-state index in [0.29, 0.717) is 35.3 Å². The quantitative estimate of drug-likeness (QED) is 0.788. The molecule has 4 atom stereocenters. The number of fused-ring (bicyclic) bond motifs is 2. The number of nitrogens with one attached hydrogen (secondary N) is 1. The maximum Gasteiger partial charge on any atom is 0.235 e. The van der Waals surface area contributed by atoms with E-state index in [1.54, 1.807) is 31.2 Å². The second kappa shape index (κ2) is 5.60. The van der Waals surface area contributed by atoms with Crippen LogP contribution < -0.4 is 19.7 Å². The lowest BCUT2D eigenvalue weighted by Gasteiger charge is -2.23. The molecule has 2 saturated heterocycles. The summed E-state index contributed by atoms with van der Waals surface area (Å²) in [5.74, 6) is 0.574. The van der Waals surface area contributed by atoms with Gasteiger partial charge in [0.25, 0.3) is 0 Å². The number of aromatic nitrogens is 1. The highest BCUT2D eigenvalue weighted by molar-refractivity contribution is 6.05. The summed E-state index contributed by atoms with van der Waals surface area (Å²) in [7, 11) is 0. The normalized spacial score (nSPS) is 30.9. The van der Waals surface area contributed by atoms with Gasteiger partial charge in [-0.15, -0.1) is 0 Å². The molecule has 2 bridgehead atoms. The van der Waals surface area contributed by atoms with Crippen molar-refractivity contribution in [2.75, 3.05) is 23.6 Å². The molecule has 0 unspecified atom stereocenters. The van der Waals surface area contributed by atoms with Gasteiger partial charge in [-0.2, -0.15) is 0 Å². The summed E-state index contributed by atoms with van der Waals surface area (Å²) >= 11 is 0. The highest BCUT2D eigenvalue weighted by Gasteiger charge is 2.67. The van der Waals surface area contributed by atoms with Gasteiger partial charge < -0.3 is 24.1 Å². The Balaban J connectivity index is 1.28. The van der Waals surface area contributed by atoms with Gasteiger partial charge in [-0.3, -0.25) is 14.5 Å². The van der Waals surface area contributed by atoms with E-state index in [-0.39, 0.29) is 18.6 Å². The number of hydrogen-bond donors (Lipinski definition) is 1. The minimum Gasteiger partial charge on any atom is -0.454 e. The van der Waals surface area contributed by atoms with Gasteiger partial charge in [0.1, 0.15) is 11.4 Å². The van der Waals surface area contributed by atoms with Gasteiger partial charge in [-0.05, 0) is 19.1 Å². The van der Waals surface area contributed by atoms with Crippen molar-refractivity contribution in [2.24, 2.45) is 11.8 Å². The third-order valence-corrected chi connectivity index (χ3v) is 5.94. The number of amides is 2. The van der Waals surface area contributed by atoms with Crippen molar-refractivity contribution in [2.45, 2.75) is 18.6 Å². The summed E-state index contributed by atoms with van der Waals surface area (Å²) in [5.41, 5.74) is -0.236. The van der Waals surface area contributed by atoms with Crippen LogP contribution in [0.25, 0.3) is 0 Å². The third kappa shape index (κ3) is 2.27. The van der Waals surface area contributed by atoms with Gasteiger partial charge in [0.2, 0.25) is 18.6 Å². The highest BCUT2D eigenvalue weighted by Crippen LogP contribution is 2.52. The summed E-state index contributed by atoms with van der Waals surface area (Å²) < 4.78 is 21.9. The fourth-order valence-corrected chi connectivity index (χ4v) is 4.67. The summed E-state index contributed by atoms with van der Waals surface area (Å²) in [6, 6.07) is 6.90. The van der Waals surface area contributed by atoms with Crippen molar-refractivity contribution in [3.05, 3.63) is 42.2 Å². The van der Waals surface area contributed by atoms with Crippen LogP contribution in [-0.2, 0) is 14.3 Å². The van der Waals surface area contributed by atoms with Crippen molar-refractivity contribution in [1.29, 1.82) is 0 Å². The van der Waals surface area contributed by atoms with Crippen LogP contribution >= 0.6 is 0 Å². The predicted octanol–water partition coefficient (Wildman–Crippen LogP) is 1.64. The fraction of sp³-hybridized carbons (Fsp3) is 0.350. The Morgan fingerprint density at radius 2 is 2.14 bits per heavy atom. The van der Waals surface area contributed by atoms with E-state index in [2.05, 4.69) is 10.5 Å². The zero-order chi connectivity index (χ0) is 19.8. The van der Waals surface area contributed by atoms with Gasteiger partial charge >= 0.3 is 0 Å². The van der Waals surface area contributed by atoms with Crippen molar-refractivity contribution < 1.29 is 28.3 Å². The van der Waals surface area contributed by atoms with Gasteiger partial charge in [0.05, 0.1) is 24.5 Å². The molecule has 2 aromatic rings. The molecule has 2 amide bonds. The number of anilines is 2. The Kier molecular flexibility index (Phi) is 3.21. The first-order valence-electron chi connectivity index (χ1n) is 9.36. The minimum absolute atomic E-state index is 0.159. The lowest BCUT2D eigenvalue weighted by atomic mass is 9.77. The molecule has 5 heterocycles. The molecule has 2 fully saturated rings. The van der Waals surface area contributed by atoms with E-state index in [0.717, 1.165) is 0 Å². The molecule has 1 spiro atoms. The Morgan fingerprint density at radius 1 is 1.28 bits per heavy atom. The Hall–Kier alpha value is -3.33. The number of nitrogens with zero attached hydrogens (tertiary/aromatic N) is 2. The summed E-state index contributed by atoms with van der Waals surface area (Å²) in [5, 5.41) is 6.84. The largest absolute Gasteiger partial charge is 0.454 e. The molecule has 9 nitrogen and oxygen atoms in total. The van der Waals surface area contributed by atoms with E-state index < -0.39 is 23.5 Å². The molecule has 0 saturated carbocycles. The van der Waals surface area contributed by atoms with E-state index in [1.807, 2.05) is 12.2 Å². The standard InChI is InChI=1S/C20H17N3O6/c1-10-6-15(22-29-10)23-8-20-5-4-13(28-20)16(17(20)19(23)25)18(24)21-11-2-3-12-14(7-11)27-9-26-12/h2-7,13,16-17H,8-9H2,1H3,(H,21,24)/t13-,16+,17-,20-/m1/s1. The van der Waals surface area contributed by atoms with Crippen molar-refractivity contribution >= 4 is 23.3 Å². The Bertz CT molecular complexity index is 1080. The first-order chi connectivity index (χ1) is 14.0. The van der Waals surface area contributed by atoms with Crippen LogP contribution in [0.3, 0.4) is 0 Å². The van der Waals surface area contributed by atoms with Crippen molar-refractivity contribution in [1.82, 2.24) is 5.16 Å². The topological polar surface area (TPSA) is 103 Å². The second-order valence-corrected chi connectivity index (χ2v) is 7.68. The number of carbonyl (C=O) groups is 2. The number of hydrogen-bond acceptors (Lipinski definition) is 7. The molecular formula is C20H17N3O6. The maximum absolute atomic E-state index is 13.2. The van der Waals surface area contributed by atoms with Crippen molar-refractivity contribution in [3.63, 3.8) is 0 Å². The summed E-state index contributed by atoms with van der Waals surface area (Å²) in [6.07, 6.45) is 3.34. The molecule has 0 aliphatic carbocycles. The maximum atomic E-state index is 13.2. The molecule has 148 valence electrons. The smallest absolute Gasteiger partial charge is 0.235 e. The van der Waals surface area contributed by atoms with Crippen LogP contribution in [-0.4, -0.2) is 42.0 Å². The van der Waals surface area contributed by atoms with Gasteiger partial charge in [-0.1, -0.05) is 17.3 Å². The number of carbonyl (C=O) groups excluding carboxylic acids is 2. The van der Waals surface area contributed by atoms with Crippen molar-refractivity contribution in [3.8, 4) is 11.5 Å². The molecular weight excluding hydrogens is 378 g/mol. The Morgan fingerprint density at radius 3 is 2.97 bits per heavy atom. The summed E-state index contributed by atoms with van der Waals surface area (Å²) in [4.78, 5) is 27.9. The zero-order valence-corrected chi connectivity index (χ0v) is 15.5. The molecule has 1 aromatic heterocycles. The van der Waals surface area contributed by atoms with Crippen LogP contribution in [0.15, 0.2) is 40.9 Å². The second-order valence-electron chi connectivity index (χ2n) is 7.68. The number of benzene rings is 1. The first kappa shape index (κ1) is 16.6. The van der Waals surface area contributed by atoms with Gasteiger partial charge in [-0.25, -0.2) is 0 Å². The fourth-order valence-electron chi connectivity index (χ4n) is 4.67. The average molecular weight is 395 g/mol. The first-order valence-corrected chi connectivity index (χ1v) is 9.36. The van der Waals surface area contributed by atoms with Crippen LogP contribution in [0, 0.1) is 18.8 Å².